The average Bonchev–Trinajstić information content (AvgIpc) is 2.90. The number of carboxylic acids is 1. The zero-order valence-electron chi connectivity index (χ0n) is 12.6. The Labute approximate surface area is 136 Å². The fourth-order valence-electron chi connectivity index (χ4n) is 2.82. The maximum absolute atomic E-state index is 14.3. The Morgan fingerprint density at radius 3 is 2.71 bits per heavy atom. The lowest BCUT2D eigenvalue weighted by Crippen LogP contribution is -2.36. The molecule has 1 aliphatic heterocycles. The van der Waals surface area contributed by atoms with Crippen LogP contribution < -0.4 is 4.90 Å². The number of aromatic carboxylic acids is 1. The number of fused-ring (bicyclic) bond motifs is 1. The molecule has 0 saturated carbocycles. The molecule has 4 rings (SSSR count). The van der Waals surface area contributed by atoms with Crippen LogP contribution in [0.5, 0.6) is 5.75 Å². The van der Waals surface area contributed by atoms with Crippen LogP contribution >= 0.6 is 0 Å². The van der Waals surface area contributed by atoms with E-state index >= 15 is 0 Å². The van der Waals surface area contributed by atoms with Crippen LogP contribution in [0.3, 0.4) is 0 Å². The third kappa shape index (κ3) is 2.17. The topological polar surface area (TPSA) is 89.5 Å². The monoisotopic (exact) mass is 327 g/mol. The van der Waals surface area contributed by atoms with Crippen molar-refractivity contribution in [2.24, 2.45) is 0 Å². The minimum atomic E-state index is -1.39. The summed E-state index contributed by atoms with van der Waals surface area (Å²) in [4.78, 5) is 20.5. The molecular weight excluding hydrogens is 313 g/mol. The van der Waals surface area contributed by atoms with E-state index < -0.39 is 23.1 Å². The molecule has 6 nitrogen and oxygen atoms in total. The zero-order chi connectivity index (χ0) is 16.8. The molecule has 122 valence electrons. The van der Waals surface area contributed by atoms with Crippen molar-refractivity contribution in [1.82, 2.24) is 9.97 Å². The predicted octanol–water partition coefficient (Wildman–Crippen LogP) is 2.98. The van der Waals surface area contributed by atoms with E-state index in [1.807, 2.05) is 18.2 Å². The summed E-state index contributed by atoms with van der Waals surface area (Å²) >= 11 is 0. The first-order valence-corrected chi connectivity index (χ1v) is 7.54. The number of aromatic amines is 1. The first kappa shape index (κ1) is 14.5. The van der Waals surface area contributed by atoms with Crippen molar-refractivity contribution in [3.05, 3.63) is 41.7 Å². The summed E-state index contributed by atoms with van der Waals surface area (Å²) in [5.74, 6) is -3.03. The second-order valence-electron chi connectivity index (χ2n) is 5.76. The van der Waals surface area contributed by atoms with Crippen molar-refractivity contribution in [3.8, 4) is 17.1 Å². The van der Waals surface area contributed by atoms with Gasteiger partial charge < -0.3 is 20.1 Å². The molecule has 0 bridgehead atoms. The number of hydrogen-bond donors (Lipinski definition) is 3. The Bertz CT molecular complexity index is 963. The molecule has 7 heteroatoms. The number of imidazole rings is 1. The number of carboxylic acid groups (broad SMARTS) is 1. The molecule has 1 fully saturated rings. The molecule has 0 unspecified atom stereocenters. The highest BCUT2D eigenvalue weighted by atomic mass is 19.1. The number of anilines is 1. The zero-order valence-corrected chi connectivity index (χ0v) is 12.6. The summed E-state index contributed by atoms with van der Waals surface area (Å²) in [5.41, 5.74) is 2.06. The Kier molecular flexibility index (Phi) is 3.16. The van der Waals surface area contributed by atoms with Gasteiger partial charge in [0.15, 0.2) is 11.6 Å². The molecule has 2 heterocycles. The third-order valence-corrected chi connectivity index (χ3v) is 4.29. The van der Waals surface area contributed by atoms with Crippen LogP contribution in [0.15, 0.2) is 30.3 Å². The number of benzene rings is 2. The number of hydrogen-bond acceptors (Lipinski definition) is 4. The highest BCUT2D eigenvalue weighted by Gasteiger charge is 2.20. The van der Waals surface area contributed by atoms with Gasteiger partial charge in [0, 0.05) is 18.8 Å². The standard InChI is InChI=1S/C17H14FN3O3/c18-14-10(3-4-11(15(14)22)17(23)24)16-19-12-5-2-9(8-13(12)20-16)21-6-1-7-21/h2-5,8,22H,1,6-7H2,(H,19,20)(H,23,24). The first-order valence-electron chi connectivity index (χ1n) is 7.54. The molecular formula is C17H14FN3O3. The number of carbonyl (C=O) groups is 1. The summed E-state index contributed by atoms with van der Waals surface area (Å²) in [6.07, 6.45) is 1.17. The molecule has 0 spiro atoms. The largest absolute Gasteiger partial charge is 0.504 e. The van der Waals surface area contributed by atoms with Gasteiger partial charge in [0.25, 0.3) is 0 Å². The van der Waals surface area contributed by atoms with E-state index in [0.29, 0.717) is 5.52 Å². The van der Waals surface area contributed by atoms with Crippen LogP contribution in [-0.4, -0.2) is 39.2 Å². The number of rotatable bonds is 3. The molecule has 0 atom stereocenters. The van der Waals surface area contributed by atoms with E-state index in [1.165, 1.54) is 12.5 Å². The smallest absolute Gasteiger partial charge is 0.339 e. The fourth-order valence-corrected chi connectivity index (χ4v) is 2.82. The Morgan fingerprint density at radius 2 is 2.04 bits per heavy atom. The van der Waals surface area contributed by atoms with Crippen molar-refractivity contribution in [2.75, 3.05) is 18.0 Å². The molecule has 0 radical (unpaired) electrons. The van der Waals surface area contributed by atoms with E-state index in [-0.39, 0.29) is 11.4 Å². The quantitative estimate of drug-likeness (QED) is 0.688. The van der Waals surface area contributed by atoms with Crippen molar-refractivity contribution >= 4 is 22.7 Å². The average molecular weight is 327 g/mol. The van der Waals surface area contributed by atoms with Crippen LogP contribution in [0.1, 0.15) is 16.8 Å². The highest BCUT2D eigenvalue weighted by molar-refractivity contribution is 5.92. The van der Waals surface area contributed by atoms with Gasteiger partial charge in [-0.05, 0) is 36.8 Å². The second kappa shape index (κ2) is 5.23. The van der Waals surface area contributed by atoms with Crippen LogP contribution in [0.25, 0.3) is 22.4 Å². The SMILES string of the molecule is O=C(O)c1ccc(-c2nc3ccc(N4CCC4)cc3[nH]2)c(F)c1O. The first-order chi connectivity index (χ1) is 11.5. The maximum atomic E-state index is 14.3. The highest BCUT2D eigenvalue weighted by Crippen LogP contribution is 2.32. The van der Waals surface area contributed by atoms with E-state index in [0.717, 1.165) is 30.4 Å². The fraction of sp³-hybridized carbons (Fsp3) is 0.176. The summed E-state index contributed by atoms with van der Waals surface area (Å²) < 4.78 is 14.3. The van der Waals surface area contributed by atoms with Crippen molar-refractivity contribution in [3.63, 3.8) is 0 Å². The summed E-state index contributed by atoms with van der Waals surface area (Å²) in [5, 5.41) is 18.7. The summed E-state index contributed by atoms with van der Waals surface area (Å²) in [6.45, 7) is 2.04. The minimum Gasteiger partial charge on any atom is -0.504 e. The number of nitrogens with one attached hydrogen (secondary N) is 1. The Hall–Kier alpha value is -3.09. The molecule has 2 aromatic carbocycles. The van der Waals surface area contributed by atoms with Gasteiger partial charge >= 0.3 is 5.97 Å². The molecule has 24 heavy (non-hydrogen) atoms. The normalized spacial score (nSPS) is 14.0. The van der Waals surface area contributed by atoms with E-state index in [9.17, 15) is 14.3 Å². The van der Waals surface area contributed by atoms with Crippen LogP contribution in [-0.2, 0) is 0 Å². The maximum Gasteiger partial charge on any atom is 0.339 e. The lowest BCUT2D eigenvalue weighted by molar-refractivity contribution is 0.0693. The lowest BCUT2D eigenvalue weighted by atomic mass is 10.1. The van der Waals surface area contributed by atoms with Crippen molar-refractivity contribution in [1.29, 1.82) is 0 Å². The molecule has 0 amide bonds. The third-order valence-electron chi connectivity index (χ3n) is 4.29. The van der Waals surface area contributed by atoms with Gasteiger partial charge in [-0.15, -0.1) is 0 Å². The summed E-state index contributed by atoms with van der Waals surface area (Å²) in [6, 6.07) is 8.23. The van der Waals surface area contributed by atoms with Crippen LogP contribution in [0.4, 0.5) is 10.1 Å². The Morgan fingerprint density at radius 1 is 1.25 bits per heavy atom. The van der Waals surface area contributed by atoms with Gasteiger partial charge in [0.05, 0.1) is 16.6 Å². The predicted molar refractivity (Wildman–Crippen MR) is 86.9 cm³/mol. The van der Waals surface area contributed by atoms with Crippen molar-refractivity contribution < 1.29 is 19.4 Å². The molecule has 1 aliphatic rings. The number of phenols is 1. The Balaban J connectivity index is 1.79. The lowest BCUT2D eigenvalue weighted by Gasteiger charge is -2.33. The van der Waals surface area contributed by atoms with E-state index in [1.54, 1.807) is 0 Å². The number of H-pyrrole nitrogens is 1. The number of aromatic nitrogens is 2. The molecule has 0 aliphatic carbocycles. The van der Waals surface area contributed by atoms with Crippen LogP contribution in [0.2, 0.25) is 0 Å². The number of nitrogens with zero attached hydrogens (tertiary/aromatic N) is 2. The van der Waals surface area contributed by atoms with Gasteiger partial charge in [-0.3, -0.25) is 0 Å². The number of halogens is 1. The van der Waals surface area contributed by atoms with Gasteiger partial charge in [-0.1, -0.05) is 0 Å². The van der Waals surface area contributed by atoms with Gasteiger partial charge in [-0.25, -0.2) is 14.2 Å². The molecule has 3 N–H and O–H groups in total. The van der Waals surface area contributed by atoms with Gasteiger partial charge in [-0.2, -0.15) is 0 Å². The van der Waals surface area contributed by atoms with Crippen molar-refractivity contribution in [2.45, 2.75) is 6.42 Å². The molecule has 3 aromatic rings. The molecule has 1 aromatic heterocycles. The van der Waals surface area contributed by atoms with Crippen LogP contribution in [0, 0.1) is 5.82 Å². The minimum absolute atomic E-state index is 0.0270. The van der Waals surface area contributed by atoms with Gasteiger partial charge in [0.2, 0.25) is 0 Å². The summed E-state index contributed by atoms with van der Waals surface area (Å²) in [7, 11) is 0. The van der Waals surface area contributed by atoms with E-state index in [4.69, 9.17) is 5.11 Å². The van der Waals surface area contributed by atoms with E-state index in [2.05, 4.69) is 14.9 Å². The molecule has 1 saturated heterocycles. The second-order valence-corrected chi connectivity index (χ2v) is 5.76. The number of aromatic hydroxyl groups is 1. The van der Waals surface area contributed by atoms with Gasteiger partial charge in [0.1, 0.15) is 11.4 Å².